The van der Waals surface area contributed by atoms with E-state index in [9.17, 15) is 9.59 Å². The van der Waals surface area contributed by atoms with Crippen LogP contribution in [0.1, 0.15) is 19.8 Å². The summed E-state index contributed by atoms with van der Waals surface area (Å²) in [5.41, 5.74) is 5.70. The molecule has 1 aliphatic heterocycles. The SMILES string of the molecule is CC1CCNC(C(=O)Nc2ccc(OCC(N)=O)cc2)C1. The summed E-state index contributed by atoms with van der Waals surface area (Å²) >= 11 is 0. The maximum absolute atomic E-state index is 12.1. The van der Waals surface area contributed by atoms with E-state index in [4.69, 9.17) is 10.5 Å². The molecular weight excluding hydrogens is 270 g/mol. The molecule has 2 unspecified atom stereocenters. The van der Waals surface area contributed by atoms with Gasteiger partial charge in [-0.15, -0.1) is 0 Å². The summed E-state index contributed by atoms with van der Waals surface area (Å²) in [6.45, 7) is 2.88. The van der Waals surface area contributed by atoms with Crippen LogP contribution in [-0.2, 0) is 9.59 Å². The lowest BCUT2D eigenvalue weighted by molar-refractivity contribution is -0.120. The summed E-state index contributed by atoms with van der Waals surface area (Å²) in [4.78, 5) is 22.8. The normalized spacial score (nSPS) is 21.6. The molecule has 1 heterocycles. The van der Waals surface area contributed by atoms with Crippen molar-refractivity contribution in [2.75, 3.05) is 18.5 Å². The van der Waals surface area contributed by atoms with Gasteiger partial charge in [0.25, 0.3) is 5.91 Å². The topological polar surface area (TPSA) is 93.4 Å². The summed E-state index contributed by atoms with van der Waals surface area (Å²) in [6, 6.07) is 6.71. The van der Waals surface area contributed by atoms with Gasteiger partial charge in [0, 0.05) is 5.69 Å². The van der Waals surface area contributed by atoms with Crippen molar-refractivity contribution in [1.29, 1.82) is 0 Å². The first kappa shape index (κ1) is 15.3. The fourth-order valence-corrected chi connectivity index (χ4v) is 2.33. The Morgan fingerprint density at radius 3 is 2.71 bits per heavy atom. The van der Waals surface area contributed by atoms with Crippen LogP contribution in [0.4, 0.5) is 5.69 Å². The smallest absolute Gasteiger partial charge is 0.255 e. The minimum Gasteiger partial charge on any atom is -0.484 e. The number of rotatable bonds is 5. The van der Waals surface area contributed by atoms with Gasteiger partial charge in [0.05, 0.1) is 6.04 Å². The second-order valence-electron chi connectivity index (χ2n) is 5.40. The Morgan fingerprint density at radius 2 is 2.10 bits per heavy atom. The minimum absolute atomic E-state index is 0.0210. The summed E-state index contributed by atoms with van der Waals surface area (Å²) in [6.07, 6.45) is 1.96. The van der Waals surface area contributed by atoms with Gasteiger partial charge in [0.15, 0.2) is 6.61 Å². The van der Waals surface area contributed by atoms with Crippen LogP contribution in [-0.4, -0.2) is 31.0 Å². The third-order valence-electron chi connectivity index (χ3n) is 3.49. The second kappa shape index (κ2) is 7.08. The van der Waals surface area contributed by atoms with E-state index in [2.05, 4.69) is 17.6 Å². The Labute approximate surface area is 124 Å². The number of ether oxygens (including phenoxy) is 1. The molecule has 0 aliphatic carbocycles. The Hall–Kier alpha value is -2.08. The lowest BCUT2D eigenvalue weighted by Crippen LogP contribution is -2.45. The molecule has 1 aromatic carbocycles. The summed E-state index contributed by atoms with van der Waals surface area (Å²) in [7, 11) is 0. The standard InChI is InChI=1S/C15H21N3O3/c1-10-6-7-17-13(8-10)15(20)18-11-2-4-12(5-3-11)21-9-14(16)19/h2-5,10,13,17H,6-9H2,1H3,(H2,16,19)(H,18,20). The zero-order chi connectivity index (χ0) is 15.2. The van der Waals surface area contributed by atoms with Crippen LogP contribution in [0.25, 0.3) is 0 Å². The van der Waals surface area contributed by atoms with Crippen molar-refractivity contribution in [3.8, 4) is 5.75 Å². The van der Waals surface area contributed by atoms with Gasteiger partial charge in [-0.1, -0.05) is 6.92 Å². The van der Waals surface area contributed by atoms with E-state index in [-0.39, 0.29) is 18.6 Å². The van der Waals surface area contributed by atoms with Crippen molar-refractivity contribution in [3.05, 3.63) is 24.3 Å². The van der Waals surface area contributed by atoms with Crippen molar-refractivity contribution in [2.45, 2.75) is 25.8 Å². The molecule has 1 aliphatic rings. The van der Waals surface area contributed by atoms with Crippen LogP contribution < -0.4 is 21.1 Å². The highest BCUT2D eigenvalue weighted by atomic mass is 16.5. The number of carbonyl (C=O) groups excluding carboxylic acids is 2. The fraction of sp³-hybridized carbons (Fsp3) is 0.467. The van der Waals surface area contributed by atoms with Gasteiger partial charge in [-0.2, -0.15) is 0 Å². The highest BCUT2D eigenvalue weighted by Gasteiger charge is 2.24. The molecule has 0 aromatic heterocycles. The van der Waals surface area contributed by atoms with Gasteiger partial charge in [-0.05, 0) is 49.6 Å². The Balaban J connectivity index is 1.87. The van der Waals surface area contributed by atoms with E-state index in [0.717, 1.165) is 19.4 Å². The molecule has 1 aromatic rings. The van der Waals surface area contributed by atoms with Gasteiger partial charge >= 0.3 is 0 Å². The Kier molecular flexibility index (Phi) is 5.16. The van der Waals surface area contributed by atoms with Gasteiger partial charge in [-0.3, -0.25) is 9.59 Å². The van der Waals surface area contributed by atoms with Crippen LogP contribution in [0.5, 0.6) is 5.75 Å². The first-order chi connectivity index (χ1) is 10.0. The predicted octanol–water partition coefficient (Wildman–Crippen LogP) is 0.877. The number of piperidine rings is 1. The quantitative estimate of drug-likeness (QED) is 0.750. The van der Waals surface area contributed by atoms with Crippen LogP contribution in [0.15, 0.2) is 24.3 Å². The highest BCUT2D eigenvalue weighted by Crippen LogP contribution is 2.18. The van der Waals surface area contributed by atoms with Crippen LogP contribution in [0.2, 0.25) is 0 Å². The maximum Gasteiger partial charge on any atom is 0.255 e. The number of hydrogen-bond acceptors (Lipinski definition) is 4. The van der Waals surface area contributed by atoms with Crippen molar-refractivity contribution in [3.63, 3.8) is 0 Å². The van der Waals surface area contributed by atoms with Crippen LogP contribution in [0, 0.1) is 5.92 Å². The monoisotopic (exact) mass is 291 g/mol. The van der Waals surface area contributed by atoms with Gasteiger partial charge in [0.1, 0.15) is 5.75 Å². The van der Waals surface area contributed by atoms with Crippen LogP contribution in [0.3, 0.4) is 0 Å². The molecule has 0 bridgehead atoms. The number of carbonyl (C=O) groups is 2. The van der Waals surface area contributed by atoms with Crippen LogP contribution >= 0.6 is 0 Å². The largest absolute Gasteiger partial charge is 0.484 e. The molecule has 0 radical (unpaired) electrons. The molecule has 0 saturated carbocycles. The third-order valence-corrected chi connectivity index (χ3v) is 3.49. The van der Waals surface area contributed by atoms with Gasteiger partial charge in [0.2, 0.25) is 5.91 Å². The predicted molar refractivity (Wildman–Crippen MR) is 79.9 cm³/mol. The molecule has 1 fully saturated rings. The van der Waals surface area contributed by atoms with Crippen molar-refractivity contribution >= 4 is 17.5 Å². The molecule has 21 heavy (non-hydrogen) atoms. The van der Waals surface area contributed by atoms with Crippen molar-refractivity contribution < 1.29 is 14.3 Å². The molecule has 2 amide bonds. The van der Waals surface area contributed by atoms with E-state index in [1.807, 2.05) is 0 Å². The number of nitrogens with two attached hydrogens (primary N) is 1. The molecule has 2 atom stereocenters. The number of benzene rings is 1. The fourth-order valence-electron chi connectivity index (χ4n) is 2.33. The minimum atomic E-state index is -0.523. The molecule has 114 valence electrons. The average molecular weight is 291 g/mol. The summed E-state index contributed by atoms with van der Waals surface area (Å²) < 4.78 is 5.16. The highest BCUT2D eigenvalue weighted by molar-refractivity contribution is 5.94. The summed E-state index contributed by atoms with van der Waals surface area (Å²) in [5.74, 6) is 0.556. The zero-order valence-electron chi connectivity index (χ0n) is 12.1. The van der Waals surface area contributed by atoms with Gasteiger partial charge < -0.3 is 21.1 Å². The average Bonchev–Trinajstić information content (AvgIpc) is 2.46. The Morgan fingerprint density at radius 1 is 1.38 bits per heavy atom. The lowest BCUT2D eigenvalue weighted by Gasteiger charge is -2.27. The molecule has 6 heteroatoms. The van der Waals surface area contributed by atoms with E-state index in [1.54, 1.807) is 24.3 Å². The third kappa shape index (κ3) is 4.75. The van der Waals surface area contributed by atoms with E-state index in [0.29, 0.717) is 17.4 Å². The number of nitrogens with one attached hydrogen (secondary N) is 2. The first-order valence-corrected chi connectivity index (χ1v) is 7.10. The Bertz CT molecular complexity index is 501. The van der Waals surface area contributed by atoms with Crippen molar-refractivity contribution in [1.82, 2.24) is 5.32 Å². The number of hydrogen-bond donors (Lipinski definition) is 3. The molecule has 0 spiro atoms. The first-order valence-electron chi connectivity index (χ1n) is 7.10. The molecule has 2 rings (SSSR count). The van der Waals surface area contributed by atoms with Crippen molar-refractivity contribution in [2.24, 2.45) is 11.7 Å². The number of amides is 2. The zero-order valence-corrected chi connectivity index (χ0v) is 12.1. The lowest BCUT2D eigenvalue weighted by atomic mass is 9.94. The van der Waals surface area contributed by atoms with E-state index < -0.39 is 5.91 Å². The van der Waals surface area contributed by atoms with E-state index in [1.165, 1.54) is 0 Å². The van der Waals surface area contributed by atoms with Gasteiger partial charge in [-0.25, -0.2) is 0 Å². The molecule has 1 saturated heterocycles. The molecular formula is C15H21N3O3. The maximum atomic E-state index is 12.1. The number of primary amides is 1. The summed E-state index contributed by atoms with van der Waals surface area (Å²) in [5, 5.41) is 6.10. The number of anilines is 1. The second-order valence-corrected chi connectivity index (χ2v) is 5.40. The molecule has 6 nitrogen and oxygen atoms in total. The van der Waals surface area contributed by atoms with E-state index >= 15 is 0 Å². The molecule has 4 N–H and O–H groups in total.